The summed E-state index contributed by atoms with van der Waals surface area (Å²) in [6.07, 6.45) is 5.52. The van der Waals surface area contributed by atoms with Gasteiger partial charge in [0.15, 0.2) is 0 Å². The Kier molecular flexibility index (Phi) is 6.53. The van der Waals surface area contributed by atoms with Crippen molar-refractivity contribution >= 4 is 6.08 Å². The summed E-state index contributed by atoms with van der Waals surface area (Å²) in [6.45, 7) is 0.817. The molecule has 1 N–H and O–H groups in total. The number of nitrogens with zero attached hydrogens (tertiary/aromatic N) is 1. The summed E-state index contributed by atoms with van der Waals surface area (Å²) in [5.74, 6) is 0.696. The number of rotatable bonds is 6. The first-order chi connectivity index (χ1) is 13.4. The molecule has 0 bridgehead atoms. The van der Waals surface area contributed by atoms with Crippen LogP contribution in [0.5, 0.6) is 5.75 Å². The summed E-state index contributed by atoms with van der Waals surface area (Å²) in [5, 5.41) is 11.9. The molecule has 0 saturated heterocycles. The van der Waals surface area contributed by atoms with E-state index in [0.717, 1.165) is 48.3 Å². The molecule has 2 atom stereocenters. The minimum absolute atomic E-state index is 0.130. The van der Waals surface area contributed by atoms with Crippen LogP contribution in [0.3, 0.4) is 0 Å². The Morgan fingerprint density at radius 2 is 1.82 bits per heavy atom. The third-order valence-electron chi connectivity index (χ3n) is 5.66. The van der Waals surface area contributed by atoms with Crippen LogP contribution in [-0.4, -0.2) is 43.4 Å². The highest BCUT2D eigenvalue weighted by Gasteiger charge is 2.42. The van der Waals surface area contributed by atoms with Crippen LogP contribution in [0.25, 0.3) is 6.08 Å². The van der Waals surface area contributed by atoms with Crippen molar-refractivity contribution in [2.24, 2.45) is 5.92 Å². The lowest BCUT2D eigenvalue weighted by molar-refractivity contribution is -0.0123. The molecule has 2 aromatic carbocycles. The molecule has 1 aliphatic carbocycles. The van der Waals surface area contributed by atoms with E-state index in [-0.39, 0.29) is 11.7 Å². The molecule has 2 aromatic rings. The van der Waals surface area contributed by atoms with Crippen LogP contribution in [0.4, 0.5) is 4.39 Å². The molecule has 2 unspecified atom stereocenters. The number of hydrogen-bond acceptors (Lipinski definition) is 3. The van der Waals surface area contributed by atoms with Crippen molar-refractivity contribution in [3.05, 3.63) is 71.0 Å². The second-order valence-electron chi connectivity index (χ2n) is 8.02. The Balaban J connectivity index is 1.96. The van der Waals surface area contributed by atoms with Crippen LogP contribution in [0.15, 0.2) is 54.1 Å². The van der Waals surface area contributed by atoms with Gasteiger partial charge in [-0.15, -0.1) is 0 Å². The molecule has 0 spiro atoms. The Labute approximate surface area is 167 Å². The average Bonchev–Trinajstić information content (AvgIpc) is 2.67. The number of halogens is 1. The van der Waals surface area contributed by atoms with E-state index in [1.165, 1.54) is 12.1 Å². The molecule has 0 aromatic heterocycles. The summed E-state index contributed by atoms with van der Waals surface area (Å²) in [4.78, 5) is 2.14. The minimum Gasteiger partial charge on any atom is -0.497 e. The van der Waals surface area contributed by atoms with Crippen LogP contribution >= 0.6 is 0 Å². The summed E-state index contributed by atoms with van der Waals surface area (Å²) < 4.78 is 18.6. The Bertz CT molecular complexity index is 798. The van der Waals surface area contributed by atoms with Crippen molar-refractivity contribution in [1.29, 1.82) is 0 Å². The molecule has 0 heterocycles. The maximum Gasteiger partial charge on any atom is 0.123 e. The highest BCUT2D eigenvalue weighted by Crippen LogP contribution is 2.42. The molecule has 4 heteroatoms. The summed E-state index contributed by atoms with van der Waals surface area (Å²) in [6, 6.07) is 14.4. The van der Waals surface area contributed by atoms with Crippen LogP contribution in [0.1, 0.15) is 30.4 Å². The lowest BCUT2D eigenvalue weighted by Gasteiger charge is -2.43. The van der Waals surface area contributed by atoms with E-state index in [0.29, 0.717) is 6.42 Å². The molecule has 0 radical (unpaired) electrons. The number of ether oxygens (including phenoxy) is 1. The second-order valence-corrected chi connectivity index (χ2v) is 8.02. The molecule has 150 valence electrons. The van der Waals surface area contributed by atoms with Gasteiger partial charge < -0.3 is 14.7 Å². The number of hydrogen-bond donors (Lipinski definition) is 1. The smallest absolute Gasteiger partial charge is 0.123 e. The molecule has 28 heavy (non-hydrogen) atoms. The van der Waals surface area contributed by atoms with Gasteiger partial charge in [-0.25, -0.2) is 4.39 Å². The molecule has 3 rings (SSSR count). The first kappa shape index (κ1) is 20.6. The number of aliphatic hydroxyl groups is 1. The zero-order valence-electron chi connectivity index (χ0n) is 17.0. The second kappa shape index (κ2) is 8.89. The Hall–Kier alpha value is -2.17. The van der Waals surface area contributed by atoms with Gasteiger partial charge in [0.2, 0.25) is 0 Å². The number of methoxy groups -OCH3 is 1. The van der Waals surface area contributed by atoms with E-state index < -0.39 is 5.60 Å². The van der Waals surface area contributed by atoms with E-state index >= 15 is 0 Å². The fourth-order valence-electron chi connectivity index (χ4n) is 4.21. The van der Waals surface area contributed by atoms with E-state index in [1.54, 1.807) is 19.2 Å². The first-order valence-electron chi connectivity index (χ1n) is 9.87. The molecule has 1 aliphatic rings. The van der Waals surface area contributed by atoms with Gasteiger partial charge in [-0.3, -0.25) is 0 Å². The standard InChI is InChI=1S/C24H30FNO2/c1-26(2)17-21-6-4-5-20(15-18-9-13-23(28-3)14-10-18)24(21,27)16-19-7-11-22(25)12-8-19/h7-15,21,27H,4-6,16-17H2,1-3H3/b20-15+. The van der Waals surface area contributed by atoms with Gasteiger partial charge in [0.1, 0.15) is 11.6 Å². The molecular weight excluding hydrogens is 353 g/mol. The van der Waals surface area contributed by atoms with Gasteiger partial charge in [0.05, 0.1) is 12.7 Å². The maximum absolute atomic E-state index is 13.3. The monoisotopic (exact) mass is 383 g/mol. The molecule has 0 aliphatic heterocycles. The fraction of sp³-hybridized carbons (Fsp3) is 0.417. The summed E-state index contributed by atoms with van der Waals surface area (Å²) in [7, 11) is 5.74. The average molecular weight is 384 g/mol. The third kappa shape index (κ3) is 4.81. The van der Waals surface area contributed by atoms with Gasteiger partial charge in [0, 0.05) is 18.9 Å². The van der Waals surface area contributed by atoms with E-state index in [1.807, 2.05) is 38.4 Å². The lowest BCUT2D eigenvalue weighted by Crippen LogP contribution is -2.48. The Morgan fingerprint density at radius 3 is 2.43 bits per heavy atom. The third-order valence-corrected chi connectivity index (χ3v) is 5.66. The summed E-state index contributed by atoms with van der Waals surface area (Å²) in [5.41, 5.74) is 2.12. The van der Waals surface area contributed by atoms with E-state index in [2.05, 4.69) is 11.0 Å². The number of benzene rings is 2. The van der Waals surface area contributed by atoms with Crippen molar-refractivity contribution in [2.75, 3.05) is 27.7 Å². The van der Waals surface area contributed by atoms with Crippen molar-refractivity contribution in [2.45, 2.75) is 31.3 Å². The molecule has 1 saturated carbocycles. The van der Waals surface area contributed by atoms with Gasteiger partial charge in [-0.2, -0.15) is 0 Å². The van der Waals surface area contributed by atoms with Crippen molar-refractivity contribution < 1.29 is 14.2 Å². The lowest BCUT2D eigenvalue weighted by atomic mass is 9.68. The van der Waals surface area contributed by atoms with Crippen LogP contribution in [-0.2, 0) is 6.42 Å². The van der Waals surface area contributed by atoms with Gasteiger partial charge in [0.25, 0.3) is 0 Å². The molecule has 3 nitrogen and oxygen atoms in total. The normalized spacial score (nSPS) is 23.9. The zero-order valence-corrected chi connectivity index (χ0v) is 17.0. The highest BCUT2D eigenvalue weighted by atomic mass is 19.1. The van der Waals surface area contributed by atoms with Crippen LogP contribution in [0.2, 0.25) is 0 Å². The SMILES string of the molecule is COc1ccc(/C=C2\CCCC(CN(C)C)C2(O)Cc2ccc(F)cc2)cc1. The van der Waals surface area contributed by atoms with E-state index in [4.69, 9.17) is 4.74 Å². The minimum atomic E-state index is -0.944. The van der Waals surface area contributed by atoms with Gasteiger partial charge >= 0.3 is 0 Å². The maximum atomic E-state index is 13.3. The highest BCUT2D eigenvalue weighted by molar-refractivity contribution is 5.57. The first-order valence-corrected chi connectivity index (χ1v) is 9.87. The molecule has 0 amide bonds. The van der Waals surface area contributed by atoms with Crippen LogP contribution < -0.4 is 4.74 Å². The van der Waals surface area contributed by atoms with Crippen LogP contribution in [0, 0.1) is 11.7 Å². The molecular formula is C24H30FNO2. The fourth-order valence-corrected chi connectivity index (χ4v) is 4.21. The predicted molar refractivity (Wildman–Crippen MR) is 112 cm³/mol. The summed E-state index contributed by atoms with van der Waals surface area (Å²) >= 11 is 0. The molecule has 1 fully saturated rings. The Morgan fingerprint density at radius 1 is 1.14 bits per heavy atom. The van der Waals surface area contributed by atoms with Crippen molar-refractivity contribution in [3.8, 4) is 5.75 Å². The van der Waals surface area contributed by atoms with E-state index in [9.17, 15) is 9.50 Å². The van der Waals surface area contributed by atoms with Crippen molar-refractivity contribution in [1.82, 2.24) is 4.90 Å². The quantitative estimate of drug-likeness (QED) is 0.794. The van der Waals surface area contributed by atoms with Gasteiger partial charge in [-0.05, 0) is 74.3 Å². The topological polar surface area (TPSA) is 32.7 Å². The predicted octanol–water partition coefficient (Wildman–Crippen LogP) is 4.55. The largest absolute Gasteiger partial charge is 0.497 e. The van der Waals surface area contributed by atoms with Gasteiger partial charge in [-0.1, -0.05) is 30.3 Å². The zero-order chi connectivity index (χ0) is 20.1. The van der Waals surface area contributed by atoms with Crippen molar-refractivity contribution in [3.63, 3.8) is 0 Å².